The standard InChI is InChI=1S/C15H16FNO2/c1-2-3-4-5-6-9-17-13-8-7-11(16)10-12(13)14(18)15(17)19/h2,7-8,10H,1,3-6,9H2. The number of carbonyl (C=O) groups excluding carboxylic acids is 2. The predicted molar refractivity (Wildman–Crippen MR) is 71.7 cm³/mol. The van der Waals surface area contributed by atoms with Gasteiger partial charge in [0.2, 0.25) is 0 Å². The van der Waals surface area contributed by atoms with Gasteiger partial charge in [-0.3, -0.25) is 9.59 Å². The van der Waals surface area contributed by atoms with Crippen LogP contribution in [-0.4, -0.2) is 18.2 Å². The van der Waals surface area contributed by atoms with Gasteiger partial charge in [-0.15, -0.1) is 6.58 Å². The number of nitrogens with zero attached hydrogens (tertiary/aromatic N) is 1. The molecule has 0 saturated heterocycles. The Hall–Kier alpha value is -1.97. The second-order valence-corrected chi connectivity index (χ2v) is 4.59. The van der Waals surface area contributed by atoms with E-state index in [-0.39, 0.29) is 5.56 Å². The van der Waals surface area contributed by atoms with E-state index >= 15 is 0 Å². The van der Waals surface area contributed by atoms with Gasteiger partial charge in [0.25, 0.3) is 11.7 Å². The van der Waals surface area contributed by atoms with Crippen LogP contribution in [0.1, 0.15) is 36.0 Å². The van der Waals surface area contributed by atoms with Gasteiger partial charge in [-0.25, -0.2) is 4.39 Å². The lowest BCUT2D eigenvalue weighted by molar-refractivity contribution is -0.114. The van der Waals surface area contributed by atoms with Crippen LogP contribution in [0.25, 0.3) is 0 Å². The van der Waals surface area contributed by atoms with Crippen LogP contribution in [0, 0.1) is 5.82 Å². The molecule has 1 amide bonds. The van der Waals surface area contributed by atoms with Crippen molar-refractivity contribution in [3.63, 3.8) is 0 Å². The normalized spacial score (nSPS) is 13.8. The van der Waals surface area contributed by atoms with Crippen molar-refractivity contribution >= 4 is 17.4 Å². The number of hydrogen-bond donors (Lipinski definition) is 0. The van der Waals surface area contributed by atoms with Crippen LogP contribution in [-0.2, 0) is 4.79 Å². The zero-order valence-electron chi connectivity index (χ0n) is 10.7. The first kappa shape index (κ1) is 13.5. The summed E-state index contributed by atoms with van der Waals surface area (Å²) >= 11 is 0. The molecule has 0 radical (unpaired) electrons. The summed E-state index contributed by atoms with van der Waals surface area (Å²) in [5.41, 5.74) is 0.705. The number of amides is 1. The van der Waals surface area contributed by atoms with Crippen LogP contribution in [0.15, 0.2) is 30.9 Å². The molecule has 100 valence electrons. The number of halogens is 1. The number of unbranched alkanes of at least 4 members (excludes halogenated alkanes) is 3. The molecule has 4 heteroatoms. The molecular weight excluding hydrogens is 245 g/mol. The van der Waals surface area contributed by atoms with Crippen LogP contribution in [0.3, 0.4) is 0 Å². The molecule has 19 heavy (non-hydrogen) atoms. The fourth-order valence-electron chi connectivity index (χ4n) is 2.23. The Labute approximate surface area is 111 Å². The molecule has 0 fully saturated rings. The maximum Gasteiger partial charge on any atom is 0.299 e. The minimum absolute atomic E-state index is 0.177. The summed E-state index contributed by atoms with van der Waals surface area (Å²) < 4.78 is 13.1. The first-order chi connectivity index (χ1) is 9.15. The molecule has 1 aliphatic rings. The highest BCUT2D eigenvalue weighted by Gasteiger charge is 2.35. The molecule has 0 aliphatic carbocycles. The highest BCUT2D eigenvalue weighted by atomic mass is 19.1. The van der Waals surface area contributed by atoms with Crippen molar-refractivity contribution in [2.45, 2.75) is 25.7 Å². The zero-order valence-corrected chi connectivity index (χ0v) is 10.7. The number of fused-ring (bicyclic) bond motifs is 1. The third-order valence-electron chi connectivity index (χ3n) is 3.22. The molecule has 0 bridgehead atoms. The Morgan fingerprint density at radius 2 is 2.00 bits per heavy atom. The number of rotatable bonds is 6. The third kappa shape index (κ3) is 2.72. The van der Waals surface area contributed by atoms with Crippen LogP contribution >= 0.6 is 0 Å². The Morgan fingerprint density at radius 1 is 1.21 bits per heavy atom. The Morgan fingerprint density at radius 3 is 2.74 bits per heavy atom. The fourth-order valence-corrected chi connectivity index (χ4v) is 2.23. The SMILES string of the molecule is C=CCCCCCN1C(=O)C(=O)c2cc(F)ccc21. The molecule has 2 rings (SSSR count). The highest BCUT2D eigenvalue weighted by Crippen LogP contribution is 2.29. The summed E-state index contributed by atoms with van der Waals surface area (Å²) in [6.07, 6.45) is 5.64. The van der Waals surface area contributed by atoms with Crippen LogP contribution in [0.4, 0.5) is 10.1 Å². The first-order valence-corrected chi connectivity index (χ1v) is 6.42. The highest BCUT2D eigenvalue weighted by molar-refractivity contribution is 6.52. The predicted octanol–water partition coefficient (Wildman–Crippen LogP) is 3.10. The number of carbonyl (C=O) groups is 2. The van der Waals surface area contributed by atoms with Crippen molar-refractivity contribution in [2.75, 3.05) is 11.4 Å². The summed E-state index contributed by atoms with van der Waals surface area (Å²) in [4.78, 5) is 25.0. The molecule has 0 N–H and O–H groups in total. The second kappa shape index (κ2) is 5.78. The maximum atomic E-state index is 13.1. The van der Waals surface area contributed by atoms with Gasteiger partial charge in [0.05, 0.1) is 11.3 Å². The molecule has 1 aliphatic heterocycles. The van der Waals surface area contributed by atoms with E-state index in [0.29, 0.717) is 12.2 Å². The largest absolute Gasteiger partial charge is 0.305 e. The van der Waals surface area contributed by atoms with Gasteiger partial charge in [-0.1, -0.05) is 12.5 Å². The minimum Gasteiger partial charge on any atom is -0.305 e. The van der Waals surface area contributed by atoms with Gasteiger partial charge in [0.15, 0.2) is 0 Å². The monoisotopic (exact) mass is 261 g/mol. The van der Waals surface area contributed by atoms with E-state index in [0.717, 1.165) is 31.7 Å². The Bertz CT molecular complexity index is 525. The molecule has 0 aromatic heterocycles. The average molecular weight is 261 g/mol. The number of allylic oxidation sites excluding steroid dienone is 1. The molecule has 3 nitrogen and oxygen atoms in total. The maximum absolute atomic E-state index is 13.1. The van der Waals surface area contributed by atoms with Crippen molar-refractivity contribution in [1.29, 1.82) is 0 Å². The molecular formula is C15H16FNO2. The summed E-state index contributed by atoms with van der Waals surface area (Å²) in [6, 6.07) is 3.90. The van der Waals surface area contributed by atoms with Crippen LogP contribution in [0.5, 0.6) is 0 Å². The number of ketones is 1. The summed E-state index contributed by atoms with van der Waals surface area (Å²) in [6.45, 7) is 4.15. The molecule has 0 spiro atoms. The van der Waals surface area contributed by atoms with E-state index in [9.17, 15) is 14.0 Å². The lowest BCUT2D eigenvalue weighted by Gasteiger charge is -2.16. The number of hydrogen-bond acceptors (Lipinski definition) is 2. The number of benzene rings is 1. The van der Waals surface area contributed by atoms with Gasteiger partial charge < -0.3 is 4.90 Å². The summed E-state index contributed by atoms with van der Waals surface area (Å²) in [5, 5.41) is 0. The quantitative estimate of drug-likeness (QED) is 0.448. The first-order valence-electron chi connectivity index (χ1n) is 6.42. The number of Topliss-reactive ketones (excluding diaryl/α,β-unsaturated/α-hetero) is 1. The van der Waals surface area contributed by atoms with E-state index in [1.807, 2.05) is 6.08 Å². The van der Waals surface area contributed by atoms with E-state index < -0.39 is 17.5 Å². The lowest BCUT2D eigenvalue weighted by atomic mass is 10.1. The minimum atomic E-state index is -0.611. The van der Waals surface area contributed by atoms with E-state index in [1.54, 1.807) is 0 Å². The van der Waals surface area contributed by atoms with Gasteiger partial charge >= 0.3 is 0 Å². The molecule has 0 atom stereocenters. The van der Waals surface area contributed by atoms with Crippen molar-refractivity contribution in [1.82, 2.24) is 0 Å². The Kier molecular flexibility index (Phi) is 4.10. The van der Waals surface area contributed by atoms with Gasteiger partial charge in [-0.2, -0.15) is 0 Å². The molecule has 1 aromatic rings. The average Bonchev–Trinajstić information content (AvgIpc) is 2.63. The zero-order chi connectivity index (χ0) is 13.8. The third-order valence-corrected chi connectivity index (χ3v) is 3.22. The van der Waals surface area contributed by atoms with Crippen molar-refractivity contribution < 1.29 is 14.0 Å². The lowest BCUT2D eigenvalue weighted by Crippen LogP contribution is -2.30. The Balaban J connectivity index is 2.04. The van der Waals surface area contributed by atoms with E-state index in [2.05, 4.69) is 6.58 Å². The van der Waals surface area contributed by atoms with Gasteiger partial charge in [-0.05, 0) is 37.5 Å². The molecule has 0 unspecified atom stereocenters. The van der Waals surface area contributed by atoms with E-state index in [4.69, 9.17) is 0 Å². The van der Waals surface area contributed by atoms with E-state index in [1.165, 1.54) is 17.0 Å². The summed E-state index contributed by atoms with van der Waals surface area (Å²) in [5.74, 6) is -1.65. The second-order valence-electron chi connectivity index (χ2n) is 4.59. The van der Waals surface area contributed by atoms with Crippen molar-refractivity contribution in [2.24, 2.45) is 0 Å². The van der Waals surface area contributed by atoms with Crippen LogP contribution in [0.2, 0.25) is 0 Å². The van der Waals surface area contributed by atoms with Crippen molar-refractivity contribution in [3.8, 4) is 0 Å². The summed E-state index contributed by atoms with van der Waals surface area (Å²) in [7, 11) is 0. The fraction of sp³-hybridized carbons (Fsp3) is 0.333. The van der Waals surface area contributed by atoms with Crippen LogP contribution < -0.4 is 4.90 Å². The van der Waals surface area contributed by atoms with Gasteiger partial charge in [0, 0.05) is 6.54 Å². The molecule has 1 aromatic carbocycles. The number of anilines is 1. The molecule has 0 saturated carbocycles. The topological polar surface area (TPSA) is 37.4 Å². The van der Waals surface area contributed by atoms with Gasteiger partial charge in [0.1, 0.15) is 5.82 Å². The van der Waals surface area contributed by atoms with Crippen molar-refractivity contribution in [3.05, 3.63) is 42.2 Å². The smallest absolute Gasteiger partial charge is 0.299 e. The molecule has 1 heterocycles.